The van der Waals surface area contributed by atoms with Crippen LogP contribution in [0.25, 0.3) is 44.2 Å². The first-order valence-corrected chi connectivity index (χ1v) is 15.9. The van der Waals surface area contributed by atoms with Crippen LogP contribution in [-0.4, -0.2) is 4.57 Å². The molecule has 43 heavy (non-hydrogen) atoms. The van der Waals surface area contributed by atoms with E-state index in [1.807, 2.05) is 0 Å². The van der Waals surface area contributed by atoms with E-state index >= 15 is 0 Å². The minimum atomic E-state index is -0.000143. The van der Waals surface area contributed by atoms with Gasteiger partial charge in [0.2, 0.25) is 0 Å². The van der Waals surface area contributed by atoms with Crippen LogP contribution in [0, 0.1) is 0 Å². The number of allylic oxidation sites excluding steroid dienone is 8. The highest BCUT2D eigenvalue weighted by Gasteiger charge is 2.42. The zero-order valence-electron chi connectivity index (χ0n) is 25.5. The van der Waals surface area contributed by atoms with Crippen LogP contribution in [0.15, 0.2) is 120 Å². The lowest BCUT2D eigenvalue weighted by Gasteiger charge is -2.37. The van der Waals surface area contributed by atoms with E-state index in [4.69, 9.17) is 0 Å². The summed E-state index contributed by atoms with van der Waals surface area (Å²) in [6.07, 6.45) is 13.1. The van der Waals surface area contributed by atoms with E-state index in [9.17, 15) is 0 Å². The summed E-state index contributed by atoms with van der Waals surface area (Å²) in [6, 6.07) is 32.1. The monoisotopic (exact) mass is 555 g/mol. The van der Waals surface area contributed by atoms with Crippen molar-refractivity contribution in [3.05, 3.63) is 143 Å². The van der Waals surface area contributed by atoms with Gasteiger partial charge in [-0.3, -0.25) is 0 Å². The van der Waals surface area contributed by atoms with Crippen LogP contribution in [0.1, 0.15) is 75.1 Å². The van der Waals surface area contributed by atoms with Crippen LogP contribution in [0.2, 0.25) is 0 Å². The smallest absolute Gasteiger partial charge is 0.0581 e. The fraction of sp³-hybridized carbons (Fsp3) is 0.238. The van der Waals surface area contributed by atoms with Gasteiger partial charge in [-0.25, -0.2) is 0 Å². The van der Waals surface area contributed by atoms with Crippen LogP contribution >= 0.6 is 0 Å². The van der Waals surface area contributed by atoms with Crippen molar-refractivity contribution < 1.29 is 0 Å². The highest BCUT2D eigenvalue weighted by Crippen LogP contribution is 2.55. The molecule has 1 nitrogen and oxygen atoms in total. The first-order chi connectivity index (χ1) is 20.8. The number of hydrogen-bond donors (Lipinski definition) is 0. The third-order valence-corrected chi connectivity index (χ3v) is 11.1. The Bertz CT molecular complexity index is 2140. The molecule has 0 saturated heterocycles. The Morgan fingerprint density at radius 1 is 0.721 bits per heavy atom. The van der Waals surface area contributed by atoms with Crippen molar-refractivity contribution in [1.29, 1.82) is 0 Å². The Hall–Kier alpha value is -4.36. The number of nitrogens with zero attached hydrogens (tertiary/aromatic N) is 1. The van der Waals surface area contributed by atoms with Crippen molar-refractivity contribution in [2.24, 2.45) is 0 Å². The van der Waals surface area contributed by atoms with Crippen molar-refractivity contribution in [1.82, 2.24) is 4.57 Å². The molecule has 0 spiro atoms. The molecule has 0 bridgehead atoms. The van der Waals surface area contributed by atoms with Crippen molar-refractivity contribution in [3.8, 4) is 11.1 Å². The number of hydrogen-bond acceptors (Lipinski definition) is 0. The molecule has 3 aliphatic carbocycles. The lowest BCUT2D eigenvalue weighted by Crippen LogP contribution is -2.28. The molecule has 5 aromatic rings. The lowest BCUT2D eigenvalue weighted by atomic mass is 9.71. The van der Waals surface area contributed by atoms with Gasteiger partial charge in [-0.2, -0.15) is 0 Å². The molecule has 0 N–H and O–H groups in total. The first kappa shape index (κ1) is 25.2. The Labute approximate surface area is 254 Å². The molecule has 2 heterocycles. The molecule has 0 radical (unpaired) electrons. The molecule has 4 aromatic carbocycles. The summed E-state index contributed by atoms with van der Waals surface area (Å²) in [5.41, 5.74) is 17.0. The van der Waals surface area contributed by atoms with Gasteiger partial charge in [0.15, 0.2) is 0 Å². The highest BCUT2D eigenvalue weighted by atomic mass is 15.0. The fourth-order valence-corrected chi connectivity index (χ4v) is 8.84. The van der Waals surface area contributed by atoms with Crippen molar-refractivity contribution in [2.45, 2.75) is 63.7 Å². The van der Waals surface area contributed by atoms with Gasteiger partial charge >= 0.3 is 0 Å². The van der Waals surface area contributed by atoms with E-state index in [-0.39, 0.29) is 10.8 Å². The zero-order valence-corrected chi connectivity index (χ0v) is 25.5. The molecule has 210 valence electrons. The lowest BCUT2D eigenvalue weighted by molar-refractivity contribution is 0.585. The molecular formula is C42H37N. The third kappa shape index (κ3) is 3.34. The van der Waals surface area contributed by atoms with E-state index in [2.05, 4.69) is 141 Å². The predicted molar refractivity (Wildman–Crippen MR) is 182 cm³/mol. The Morgan fingerprint density at radius 3 is 2.42 bits per heavy atom. The maximum Gasteiger partial charge on any atom is 0.0581 e. The minimum absolute atomic E-state index is 0.000143. The van der Waals surface area contributed by atoms with Crippen molar-refractivity contribution in [3.63, 3.8) is 0 Å². The minimum Gasteiger partial charge on any atom is -0.309 e. The van der Waals surface area contributed by atoms with E-state index < -0.39 is 0 Å². The van der Waals surface area contributed by atoms with Crippen LogP contribution in [0.5, 0.6) is 0 Å². The highest BCUT2D eigenvalue weighted by molar-refractivity contribution is 6.13. The van der Waals surface area contributed by atoms with Gasteiger partial charge in [0.25, 0.3) is 0 Å². The summed E-state index contributed by atoms with van der Waals surface area (Å²) in [7, 11) is 0. The molecule has 1 aromatic heterocycles. The Morgan fingerprint density at radius 2 is 1.56 bits per heavy atom. The maximum absolute atomic E-state index is 2.56. The van der Waals surface area contributed by atoms with Gasteiger partial charge in [0.1, 0.15) is 0 Å². The standard InChI is InChI=1S/C42H37N/c1-41(2)34-14-8-9-16-39(34)43-38-22-19-27(23-33(38)32-13-10-15-35(41)40(32)43)29-18-21-31-30-20-17-28(26-11-6-5-7-12-26)24-36(30)42(3,4)37(31)25-29/h5-7,9-13,15-20,22-25,31H,8,14,21H2,1-4H3. The second kappa shape index (κ2) is 8.60. The summed E-state index contributed by atoms with van der Waals surface area (Å²) in [5.74, 6) is 0.464. The van der Waals surface area contributed by atoms with Gasteiger partial charge in [0, 0.05) is 33.2 Å². The molecule has 1 unspecified atom stereocenters. The van der Waals surface area contributed by atoms with Crippen molar-refractivity contribution >= 4 is 33.1 Å². The van der Waals surface area contributed by atoms with E-state index in [1.165, 1.54) is 66.5 Å². The number of fused-ring (bicyclic) bond motifs is 7. The van der Waals surface area contributed by atoms with E-state index in [0.29, 0.717) is 5.92 Å². The zero-order chi connectivity index (χ0) is 29.1. The molecule has 0 saturated carbocycles. The second-order valence-corrected chi connectivity index (χ2v) is 14.0. The number of benzene rings is 4. The topological polar surface area (TPSA) is 4.93 Å². The average molecular weight is 556 g/mol. The third-order valence-electron chi connectivity index (χ3n) is 11.1. The van der Waals surface area contributed by atoms with Crippen molar-refractivity contribution in [2.75, 3.05) is 0 Å². The normalized spacial score (nSPS) is 21.0. The molecule has 0 fully saturated rings. The summed E-state index contributed by atoms with van der Waals surface area (Å²) in [6.45, 7) is 9.69. The quantitative estimate of drug-likeness (QED) is 0.204. The SMILES string of the molecule is CC1(C)C2=CC(c3ccc4c(c3)c3cccc5c3n4C3=C(CCC=C3)C5(C)C)=CCC2c2ccc(-c3ccccc3)cc21. The number of aromatic nitrogens is 1. The molecule has 1 aliphatic heterocycles. The molecule has 0 amide bonds. The Balaban J connectivity index is 1.17. The second-order valence-electron chi connectivity index (χ2n) is 14.0. The molecule has 1 atom stereocenters. The molecule has 9 rings (SSSR count). The van der Waals surface area contributed by atoms with Gasteiger partial charge < -0.3 is 4.57 Å². The van der Waals surface area contributed by atoms with Gasteiger partial charge in [-0.15, -0.1) is 0 Å². The summed E-state index contributed by atoms with van der Waals surface area (Å²) >= 11 is 0. The van der Waals surface area contributed by atoms with Crippen LogP contribution in [0.3, 0.4) is 0 Å². The van der Waals surface area contributed by atoms with Crippen LogP contribution < -0.4 is 0 Å². The van der Waals surface area contributed by atoms with Crippen LogP contribution in [0.4, 0.5) is 0 Å². The summed E-state index contributed by atoms with van der Waals surface area (Å²) < 4.78 is 2.56. The molecule has 4 aliphatic rings. The Kier molecular flexibility index (Phi) is 5.04. The van der Waals surface area contributed by atoms with E-state index in [1.54, 1.807) is 11.1 Å². The van der Waals surface area contributed by atoms with Gasteiger partial charge in [0.05, 0.1) is 11.0 Å². The van der Waals surface area contributed by atoms with Crippen LogP contribution in [-0.2, 0) is 10.8 Å². The first-order valence-electron chi connectivity index (χ1n) is 15.9. The fourth-order valence-electron chi connectivity index (χ4n) is 8.84. The predicted octanol–water partition coefficient (Wildman–Crippen LogP) is 11.1. The van der Waals surface area contributed by atoms with E-state index in [0.717, 1.165) is 19.3 Å². The molecule has 1 heteroatoms. The maximum atomic E-state index is 2.56. The summed E-state index contributed by atoms with van der Waals surface area (Å²) in [4.78, 5) is 0. The summed E-state index contributed by atoms with van der Waals surface area (Å²) in [5, 5.41) is 2.73. The number of rotatable bonds is 2. The largest absolute Gasteiger partial charge is 0.309 e. The average Bonchev–Trinajstić information content (AvgIpc) is 3.49. The number of para-hydroxylation sites is 1. The molecular weight excluding hydrogens is 518 g/mol. The van der Waals surface area contributed by atoms with Gasteiger partial charge in [-0.05, 0) is 88.1 Å². The van der Waals surface area contributed by atoms with Gasteiger partial charge in [-0.1, -0.05) is 118 Å².